The molecule has 1 unspecified atom stereocenters. The van der Waals surface area contributed by atoms with Crippen LogP contribution in [0.1, 0.15) is 26.0 Å². The number of furan rings is 1. The number of amides is 1. The van der Waals surface area contributed by atoms with E-state index < -0.39 is 0 Å². The molecule has 0 spiro atoms. The average Bonchev–Trinajstić information content (AvgIpc) is 2.75. The Morgan fingerprint density at radius 2 is 2.31 bits per heavy atom. The molecule has 2 N–H and O–H groups in total. The van der Waals surface area contributed by atoms with Crippen molar-refractivity contribution < 1.29 is 14.3 Å². The number of aliphatic hydroxyl groups excluding tert-OH is 1. The van der Waals surface area contributed by atoms with Gasteiger partial charge in [-0.1, -0.05) is 13.8 Å². The van der Waals surface area contributed by atoms with Gasteiger partial charge in [0.25, 0.3) is 0 Å². The minimum absolute atomic E-state index is 0.0237. The predicted octanol–water partition coefficient (Wildman–Crippen LogP) is 1.35. The SMILES string of the molecule is CC(C)C(CO)NC(=O)CCc1ccco1. The van der Waals surface area contributed by atoms with Gasteiger partial charge in [-0.05, 0) is 18.1 Å². The van der Waals surface area contributed by atoms with Crippen LogP contribution in [0.15, 0.2) is 22.8 Å². The summed E-state index contributed by atoms with van der Waals surface area (Å²) in [7, 11) is 0. The van der Waals surface area contributed by atoms with E-state index in [9.17, 15) is 4.79 Å². The summed E-state index contributed by atoms with van der Waals surface area (Å²) in [4.78, 5) is 11.5. The maximum Gasteiger partial charge on any atom is 0.220 e. The van der Waals surface area contributed by atoms with E-state index in [0.717, 1.165) is 5.76 Å². The van der Waals surface area contributed by atoms with Crippen LogP contribution < -0.4 is 5.32 Å². The molecule has 4 nitrogen and oxygen atoms in total. The summed E-state index contributed by atoms with van der Waals surface area (Å²) >= 11 is 0. The first-order valence-electron chi connectivity index (χ1n) is 5.56. The Morgan fingerprint density at radius 3 is 2.81 bits per heavy atom. The lowest BCUT2D eigenvalue weighted by atomic mass is 10.1. The largest absolute Gasteiger partial charge is 0.469 e. The summed E-state index contributed by atoms with van der Waals surface area (Å²) < 4.78 is 5.13. The fourth-order valence-corrected chi connectivity index (χ4v) is 1.39. The quantitative estimate of drug-likeness (QED) is 0.768. The van der Waals surface area contributed by atoms with E-state index in [-0.39, 0.29) is 24.5 Å². The van der Waals surface area contributed by atoms with E-state index in [4.69, 9.17) is 9.52 Å². The molecule has 1 aromatic heterocycles. The van der Waals surface area contributed by atoms with Crippen LogP contribution in [0.4, 0.5) is 0 Å². The van der Waals surface area contributed by atoms with Crippen LogP contribution in [0.2, 0.25) is 0 Å². The van der Waals surface area contributed by atoms with Crippen molar-refractivity contribution in [2.75, 3.05) is 6.61 Å². The van der Waals surface area contributed by atoms with E-state index >= 15 is 0 Å². The minimum atomic E-state index is -0.163. The van der Waals surface area contributed by atoms with E-state index in [1.54, 1.807) is 12.3 Å². The van der Waals surface area contributed by atoms with E-state index in [2.05, 4.69) is 5.32 Å². The molecule has 0 aliphatic heterocycles. The molecule has 1 rings (SSSR count). The van der Waals surface area contributed by atoms with E-state index in [1.807, 2.05) is 19.9 Å². The molecule has 0 saturated heterocycles. The number of hydrogen-bond donors (Lipinski definition) is 2. The van der Waals surface area contributed by atoms with Crippen LogP contribution in [0.5, 0.6) is 0 Å². The molecule has 0 aliphatic carbocycles. The van der Waals surface area contributed by atoms with Gasteiger partial charge in [-0.2, -0.15) is 0 Å². The molecule has 0 radical (unpaired) electrons. The molecular weight excluding hydrogens is 206 g/mol. The van der Waals surface area contributed by atoms with Gasteiger partial charge >= 0.3 is 0 Å². The van der Waals surface area contributed by atoms with Crippen molar-refractivity contribution in [1.82, 2.24) is 5.32 Å². The molecule has 1 heterocycles. The molecule has 0 saturated carbocycles. The lowest BCUT2D eigenvalue weighted by molar-refractivity contribution is -0.122. The summed E-state index contributed by atoms with van der Waals surface area (Å²) in [5.74, 6) is 0.988. The fraction of sp³-hybridized carbons (Fsp3) is 0.583. The second kappa shape index (κ2) is 6.33. The lowest BCUT2D eigenvalue weighted by Gasteiger charge is -2.19. The van der Waals surface area contributed by atoms with Crippen LogP contribution in [0.25, 0.3) is 0 Å². The number of nitrogens with one attached hydrogen (secondary N) is 1. The first-order chi connectivity index (χ1) is 7.63. The zero-order valence-electron chi connectivity index (χ0n) is 9.77. The summed E-state index contributed by atoms with van der Waals surface area (Å²) in [6.07, 6.45) is 2.57. The Bertz CT molecular complexity index is 306. The van der Waals surface area contributed by atoms with Crippen molar-refractivity contribution in [2.24, 2.45) is 5.92 Å². The number of hydrogen-bond acceptors (Lipinski definition) is 3. The minimum Gasteiger partial charge on any atom is -0.469 e. The smallest absolute Gasteiger partial charge is 0.220 e. The van der Waals surface area contributed by atoms with Gasteiger partial charge in [0.2, 0.25) is 5.91 Å². The molecule has 1 amide bonds. The van der Waals surface area contributed by atoms with Crippen LogP contribution >= 0.6 is 0 Å². The third kappa shape index (κ3) is 4.06. The summed E-state index contributed by atoms with van der Waals surface area (Å²) in [6, 6.07) is 3.49. The lowest BCUT2D eigenvalue weighted by Crippen LogP contribution is -2.41. The Labute approximate surface area is 95.7 Å². The molecule has 16 heavy (non-hydrogen) atoms. The molecule has 0 fully saturated rings. The molecule has 0 aromatic carbocycles. The molecular formula is C12H19NO3. The highest BCUT2D eigenvalue weighted by molar-refractivity contribution is 5.76. The van der Waals surface area contributed by atoms with E-state index in [1.165, 1.54) is 0 Å². The predicted molar refractivity (Wildman–Crippen MR) is 60.9 cm³/mol. The van der Waals surface area contributed by atoms with Gasteiger partial charge in [-0.3, -0.25) is 4.79 Å². The number of aliphatic hydroxyl groups is 1. The first-order valence-corrected chi connectivity index (χ1v) is 5.56. The van der Waals surface area contributed by atoms with Gasteiger partial charge in [0.1, 0.15) is 5.76 Å². The van der Waals surface area contributed by atoms with Crippen LogP contribution in [-0.2, 0) is 11.2 Å². The van der Waals surface area contributed by atoms with Crippen molar-refractivity contribution in [3.63, 3.8) is 0 Å². The van der Waals surface area contributed by atoms with Crippen LogP contribution in [0, 0.1) is 5.92 Å². The van der Waals surface area contributed by atoms with Crippen molar-refractivity contribution in [3.05, 3.63) is 24.2 Å². The molecule has 1 aromatic rings. The molecule has 0 bridgehead atoms. The van der Waals surface area contributed by atoms with Crippen LogP contribution in [-0.4, -0.2) is 23.7 Å². The highest BCUT2D eigenvalue weighted by atomic mass is 16.3. The normalized spacial score (nSPS) is 12.8. The third-order valence-corrected chi connectivity index (χ3v) is 2.53. The number of rotatable bonds is 6. The second-order valence-corrected chi connectivity index (χ2v) is 4.18. The molecule has 0 aliphatic rings. The van der Waals surface area contributed by atoms with Gasteiger partial charge in [-0.15, -0.1) is 0 Å². The summed E-state index contributed by atoms with van der Waals surface area (Å²) in [5.41, 5.74) is 0. The third-order valence-electron chi connectivity index (χ3n) is 2.53. The average molecular weight is 225 g/mol. The van der Waals surface area contributed by atoms with E-state index in [0.29, 0.717) is 12.8 Å². The summed E-state index contributed by atoms with van der Waals surface area (Å²) in [6.45, 7) is 3.91. The summed E-state index contributed by atoms with van der Waals surface area (Å²) in [5, 5.41) is 11.9. The van der Waals surface area contributed by atoms with Crippen molar-refractivity contribution in [1.29, 1.82) is 0 Å². The molecule has 4 heteroatoms. The fourth-order valence-electron chi connectivity index (χ4n) is 1.39. The van der Waals surface area contributed by atoms with Crippen LogP contribution in [0.3, 0.4) is 0 Å². The van der Waals surface area contributed by atoms with Crippen molar-refractivity contribution >= 4 is 5.91 Å². The highest BCUT2D eigenvalue weighted by Crippen LogP contribution is 2.05. The van der Waals surface area contributed by atoms with Gasteiger partial charge in [0, 0.05) is 12.8 Å². The Kier molecular flexibility index (Phi) is 5.05. The van der Waals surface area contributed by atoms with Gasteiger partial charge in [0.15, 0.2) is 0 Å². The van der Waals surface area contributed by atoms with Gasteiger partial charge in [0.05, 0.1) is 18.9 Å². The number of aryl methyl sites for hydroxylation is 1. The Balaban J connectivity index is 2.30. The molecule has 90 valence electrons. The number of carbonyl (C=O) groups excluding carboxylic acids is 1. The topological polar surface area (TPSA) is 62.5 Å². The van der Waals surface area contributed by atoms with Gasteiger partial charge < -0.3 is 14.8 Å². The van der Waals surface area contributed by atoms with Crippen molar-refractivity contribution in [2.45, 2.75) is 32.7 Å². The Hall–Kier alpha value is -1.29. The first kappa shape index (κ1) is 12.8. The maximum absolute atomic E-state index is 11.5. The maximum atomic E-state index is 11.5. The van der Waals surface area contributed by atoms with Crippen molar-refractivity contribution in [3.8, 4) is 0 Å². The Morgan fingerprint density at radius 1 is 1.56 bits per heavy atom. The number of carbonyl (C=O) groups is 1. The van der Waals surface area contributed by atoms with Gasteiger partial charge in [-0.25, -0.2) is 0 Å². The second-order valence-electron chi connectivity index (χ2n) is 4.18. The zero-order chi connectivity index (χ0) is 12.0. The monoisotopic (exact) mass is 225 g/mol. The standard InChI is InChI=1S/C12H19NO3/c1-9(2)11(8-14)13-12(15)6-5-10-4-3-7-16-10/h3-4,7,9,11,14H,5-6,8H2,1-2H3,(H,13,15). The molecule has 1 atom stereocenters. The zero-order valence-corrected chi connectivity index (χ0v) is 9.77. The highest BCUT2D eigenvalue weighted by Gasteiger charge is 2.14.